The fourth-order valence-corrected chi connectivity index (χ4v) is 2.36. The molecular formula is C13H20N2O. The number of hydrogen-bond acceptors (Lipinski definition) is 3. The monoisotopic (exact) mass is 220 g/mol. The highest BCUT2D eigenvalue weighted by molar-refractivity contribution is 5.33. The van der Waals surface area contributed by atoms with Crippen LogP contribution in [0.4, 0.5) is 0 Å². The largest absolute Gasteiger partial charge is 0.481 e. The van der Waals surface area contributed by atoms with Gasteiger partial charge in [0.25, 0.3) is 0 Å². The van der Waals surface area contributed by atoms with E-state index in [0.29, 0.717) is 5.92 Å². The lowest BCUT2D eigenvalue weighted by Gasteiger charge is -2.29. The van der Waals surface area contributed by atoms with E-state index >= 15 is 0 Å². The predicted octanol–water partition coefficient (Wildman–Crippen LogP) is 2.21. The van der Waals surface area contributed by atoms with Crippen molar-refractivity contribution in [3.63, 3.8) is 0 Å². The number of aromatic nitrogens is 1. The third kappa shape index (κ3) is 2.35. The number of pyridine rings is 1. The zero-order valence-electron chi connectivity index (χ0n) is 10.4. The smallest absolute Gasteiger partial charge is 0.216 e. The summed E-state index contributed by atoms with van der Waals surface area (Å²) in [6.45, 7) is 4.43. The minimum Gasteiger partial charge on any atom is -0.481 e. The summed E-state index contributed by atoms with van der Waals surface area (Å²) in [6, 6.07) is 2.22. The summed E-state index contributed by atoms with van der Waals surface area (Å²) in [5.74, 6) is 1.42. The Morgan fingerprint density at radius 2 is 2.06 bits per heavy atom. The number of aryl methyl sites for hydroxylation is 1. The van der Waals surface area contributed by atoms with Crippen molar-refractivity contribution in [1.29, 1.82) is 0 Å². The minimum atomic E-state index is 0.610. The Hall–Kier alpha value is -1.09. The Morgan fingerprint density at radius 3 is 2.69 bits per heavy atom. The molecule has 0 bridgehead atoms. The Bertz CT molecular complexity index is 357. The Labute approximate surface area is 97.4 Å². The van der Waals surface area contributed by atoms with Crippen LogP contribution < -0.4 is 4.74 Å². The molecule has 1 fully saturated rings. The molecule has 1 aromatic rings. The van der Waals surface area contributed by atoms with E-state index in [0.717, 1.165) is 5.88 Å². The van der Waals surface area contributed by atoms with E-state index in [1.807, 2.05) is 6.20 Å². The molecule has 3 heteroatoms. The maximum atomic E-state index is 5.36. The van der Waals surface area contributed by atoms with E-state index in [1.54, 1.807) is 7.11 Å². The fourth-order valence-electron chi connectivity index (χ4n) is 2.36. The molecule has 0 aliphatic carbocycles. The predicted molar refractivity (Wildman–Crippen MR) is 65.0 cm³/mol. The second-order valence-electron chi connectivity index (χ2n) is 4.69. The zero-order valence-corrected chi connectivity index (χ0v) is 10.4. The van der Waals surface area contributed by atoms with Gasteiger partial charge in [0.2, 0.25) is 5.88 Å². The molecule has 2 heterocycles. The second kappa shape index (κ2) is 4.83. The number of nitrogens with zero attached hydrogens (tertiary/aromatic N) is 2. The van der Waals surface area contributed by atoms with Crippen molar-refractivity contribution < 1.29 is 4.74 Å². The summed E-state index contributed by atoms with van der Waals surface area (Å²) in [7, 11) is 3.89. The molecule has 1 saturated heterocycles. The van der Waals surface area contributed by atoms with Gasteiger partial charge in [-0.15, -0.1) is 0 Å². The third-order valence-electron chi connectivity index (χ3n) is 3.37. The molecule has 0 aromatic carbocycles. The van der Waals surface area contributed by atoms with Crippen LogP contribution in [0.25, 0.3) is 0 Å². The molecule has 0 atom stereocenters. The number of methoxy groups -OCH3 is 1. The SMILES string of the molecule is COc1ncc(C)cc1C1CCN(C)CC1. The summed E-state index contributed by atoms with van der Waals surface area (Å²) in [5.41, 5.74) is 2.50. The lowest BCUT2D eigenvalue weighted by atomic mass is 9.89. The van der Waals surface area contributed by atoms with Crippen LogP contribution in [-0.4, -0.2) is 37.1 Å². The first-order chi connectivity index (χ1) is 7.70. The average Bonchev–Trinajstić information content (AvgIpc) is 2.30. The highest BCUT2D eigenvalue weighted by atomic mass is 16.5. The van der Waals surface area contributed by atoms with Crippen LogP contribution in [0, 0.1) is 6.92 Å². The van der Waals surface area contributed by atoms with Crippen LogP contribution in [0.1, 0.15) is 29.9 Å². The first-order valence-corrected chi connectivity index (χ1v) is 5.90. The molecule has 16 heavy (non-hydrogen) atoms. The number of piperidine rings is 1. The topological polar surface area (TPSA) is 25.4 Å². The molecule has 0 unspecified atom stereocenters. The summed E-state index contributed by atoms with van der Waals surface area (Å²) >= 11 is 0. The van der Waals surface area contributed by atoms with Gasteiger partial charge >= 0.3 is 0 Å². The quantitative estimate of drug-likeness (QED) is 0.764. The van der Waals surface area contributed by atoms with Gasteiger partial charge in [-0.1, -0.05) is 0 Å². The molecule has 0 radical (unpaired) electrons. The number of ether oxygens (including phenoxy) is 1. The highest BCUT2D eigenvalue weighted by Gasteiger charge is 2.21. The van der Waals surface area contributed by atoms with Crippen LogP contribution in [0.3, 0.4) is 0 Å². The van der Waals surface area contributed by atoms with Gasteiger partial charge < -0.3 is 9.64 Å². The van der Waals surface area contributed by atoms with E-state index in [-0.39, 0.29) is 0 Å². The van der Waals surface area contributed by atoms with Gasteiger partial charge in [-0.2, -0.15) is 0 Å². The zero-order chi connectivity index (χ0) is 11.5. The molecule has 1 aliphatic rings. The first kappa shape index (κ1) is 11.4. The average molecular weight is 220 g/mol. The minimum absolute atomic E-state index is 0.610. The van der Waals surface area contributed by atoms with Gasteiger partial charge in [0.05, 0.1) is 7.11 Å². The van der Waals surface area contributed by atoms with Gasteiger partial charge in [0.1, 0.15) is 0 Å². The van der Waals surface area contributed by atoms with Crippen LogP contribution >= 0.6 is 0 Å². The Kier molecular flexibility index (Phi) is 3.44. The molecule has 2 rings (SSSR count). The third-order valence-corrected chi connectivity index (χ3v) is 3.37. The normalized spacial score (nSPS) is 18.7. The number of rotatable bonds is 2. The van der Waals surface area contributed by atoms with E-state index in [1.165, 1.54) is 37.1 Å². The fraction of sp³-hybridized carbons (Fsp3) is 0.615. The molecule has 0 N–H and O–H groups in total. The molecule has 3 nitrogen and oxygen atoms in total. The van der Waals surface area contributed by atoms with Crippen LogP contribution in [0.15, 0.2) is 12.3 Å². The van der Waals surface area contributed by atoms with Gasteiger partial charge in [-0.25, -0.2) is 4.98 Å². The van der Waals surface area contributed by atoms with Gasteiger partial charge in [0, 0.05) is 11.8 Å². The first-order valence-electron chi connectivity index (χ1n) is 5.90. The van der Waals surface area contributed by atoms with E-state index in [2.05, 4.69) is 29.9 Å². The van der Waals surface area contributed by atoms with E-state index in [4.69, 9.17) is 4.74 Å². The van der Waals surface area contributed by atoms with E-state index < -0.39 is 0 Å². The lowest BCUT2D eigenvalue weighted by molar-refractivity contribution is 0.251. The summed E-state index contributed by atoms with van der Waals surface area (Å²) in [4.78, 5) is 6.74. The molecule has 0 saturated carbocycles. The van der Waals surface area contributed by atoms with Gasteiger partial charge in [0.15, 0.2) is 0 Å². The summed E-state index contributed by atoms with van der Waals surface area (Å²) in [6.07, 6.45) is 4.28. The van der Waals surface area contributed by atoms with Crippen molar-refractivity contribution in [2.24, 2.45) is 0 Å². The summed E-state index contributed by atoms with van der Waals surface area (Å²) in [5, 5.41) is 0. The molecule has 88 valence electrons. The second-order valence-corrected chi connectivity index (χ2v) is 4.69. The van der Waals surface area contributed by atoms with Crippen LogP contribution in [-0.2, 0) is 0 Å². The van der Waals surface area contributed by atoms with Crippen molar-refractivity contribution in [3.05, 3.63) is 23.4 Å². The number of likely N-dealkylation sites (tertiary alicyclic amines) is 1. The maximum absolute atomic E-state index is 5.36. The highest BCUT2D eigenvalue weighted by Crippen LogP contribution is 2.32. The summed E-state index contributed by atoms with van der Waals surface area (Å²) < 4.78 is 5.36. The maximum Gasteiger partial charge on any atom is 0.216 e. The molecule has 1 aliphatic heterocycles. The molecular weight excluding hydrogens is 200 g/mol. The van der Waals surface area contributed by atoms with Gasteiger partial charge in [-0.3, -0.25) is 0 Å². The standard InChI is InChI=1S/C13H20N2O/c1-10-8-12(13(16-3)14-9-10)11-4-6-15(2)7-5-11/h8-9,11H,4-7H2,1-3H3. The molecule has 0 spiro atoms. The van der Waals surface area contributed by atoms with Crippen LogP contribution in [0.2, 0.25) is 0 Å². The Morgan fingerprint density at radius 1 is 1.38 bits per heavy atom. The van der Waals surface area contributed by atoms with Crippen molar-refractivity contribution in [2.45, 2.75) is 25.7 Å². The Balaban J connectivity index is 2.21. The molecule has 0 amide bonds. The van der Waals surface area contributed by atoms with Crippen molar-refractivity contribution >= 4 is 0 Å². The van der Waals surface area contributed by atoms with Gasteiger partial charge in [-0.05, 0) is 57.5 Å². The number of hydrogen-bond donors (Lipinski definition) is 0. The van der Waals surface area contributed by atoms with Crippen LogP contribution in [0.5, 0.6) is 5.88 Å². The van der Waals surface area contributed by atoms with Crippen molar-refractivity contribution in [1.82, 2.24) is 9.88 Å². The lowest BCUT2D eigenvalue weighted by Crippen LogP contribution is -2.29. The van der Waals surface area contributed by atoms with Crippen molar-refractivity contribution in [2.75, 3.05) is 27.2 Å². The van der Waals surface area contributed by atoms with E-state index in [9.17, 15) is 0 Å². The molecule has 1 aromatic heterocycles. The van der Waals surface area contributed by atoms with Crippen molar-refractivity contribution in [3.8, 4) is 5.88 Å².